The van der Waals surface area contributed by atoms with E-state index in [0.717, 1.165) is 0 Å². The molecule has 0 saturated carbocycles. The van der Waals surface area contributed by atoms with Crippen LogP contribution in [-0.2, 0) is 65.3 Å². The monoisotopic (exact) mass is 402 g/mol. The number of hydrogen-bond donors (Lipinski definition) is 2. The van der Waals surface area contributed by atoms with Crippen LogP contribution in [-0.4, -0.2) is 52.6 Å². The van der Waals surface area contributed by atoms with E-state index in [2.05, 4.69) is 0 Å². The van der Waals surface area contributed by atoms with Crippen LogP contribution in [0.2, 0.25) is 0 Å². The molecular weight excluding hydrogens is 400 g/mol. The Morgan fingerprint density at radius 1 is 0.588 bits per heavy atom. The van der Waals surface area contributed by atoms with E-state index in [0.29, 0.717) is 0 Å². The Balaban J connectivity index is -0.0000000400. The standard InChI is InChI=1S/2Fe.3H2O4S/c;;3*1-5(2,3)4/h;;3*(H2,1,2,3,4)/q2*+2;;;/p-4. The summed E-state index contributed by atoms with van der Waals surface area (Å²) in [5.41, 5.74) is 0. The molecule has 0 spiro atoms. The van der Waals surface area contributed by atoms with Crippen LogP contribution < -0.4 is 0 Å². The van der Waals surface area contributed by atoms with Gasteiger partial charge in [0.1, 0.15) is 0 Å². The maximum absolute atomic E-state index is 8.74. The summed E-state index contributed by atoms with van der Waals surface area (Å²) in [6, 6.07) is 0. The molecule has 2 N–H and O–H groups in total. The van der Waals surface area contributed by atoms with Crippen molar-refractivity contribution >= 4 is 31.2 Å². The Morgan fingerprint density at radius 3 is 0.588 bits per heavy atom. The van der Waals surface area contributed by atoms with E-state index in [-0.39, 0.29) is 34.1 Å². The summed E-state index contributed by atoms with van der Waals surface area (Å²) in [5, 5.41) is 0. The molecule has 12 nitrogen and oxygen atoms in total. The Hall–Kier alpha value is 0.649. The Morgan fingerprint density at radius 2 is 0.588 bits per heavy atom. The summed E-state index contributed by atoms with van der Waals surface area (Å²) >= 11 is 0. The van der Waals surface area contributed by atoms with Gasteiger partial charge in [0.25, 0.3) is 0 Å². The Kier molecular flexibility index (Phi) is 21.1. The first-order valence-electron chi connectivity index (χ1n) is 2.03. The predicted molar refractivity (Wildman–Crippen MR) is 35.1 cm³/mol. The van der Waals surface area contributed by atoms with Crippen LogP contribution in [0.3, 0.4) is 0 Å². The normalized spacial score (nSPS) is 10.2. The molecule has 0 aromatic heterocycles. The molecule has 0 bridgehead atoms. The molecule has 0 amide bonds. The van der Waals surface area contributed by atoms with Gasteiger partial charge in [-0.2, -0.15) is 8.42 Å². The van der Waals surface area contributed by atoms with Gasteiger partial charge in [-0.05, 0) is 0 Å². The van der Waals surface area contributed by atoms with Gasteiger partial charge in [0.05, 0.1) is 0 Å². The van der Waals surface area contributed by atoms with Crippen molar-refractivity contribution in [2.24, 2.45) is 0 Å². The first-order valence-corrected chi connectivity index (χ1v) is 6.10. The molecule has 0 radical (unpaired) electrons. The van der Waals surface area contributed by atoms with E-state index in [4.69, 9.17) is 52.6 Å². The minimum Gasteiger partial charge on any atom is -0.759 e. The molecule has 0 aliphatic carbocycles. The van der Waals surface area contributed by atoms with Crippen LogP contribution in [0.25, 0.3) is 0 Å². The zero-order valence-corrected chi connectivity index (χ0v) is 11.6. The summed E-state index contributed by atoms with van der Waals surface area (Å²) in [4.78, 5) is 0. The molecule has 0 saturated heterocycles. The van der Waals surface area contributed by atoms with Gasteiger partial charge in [0, 0.05) is 20.8 Å². The maximum Gasteiger partial charge on any atom is 2.00 e. The summed E-state index contributed by atoms with van der Waals surface area (Å²) in [7, 11) is -15.0. The second-order valence-corrected chi connectivity index (χ2v) is 3.79. The van der Waals surface area contributed by atoms with E-state index in [1.807, 2.05) is 0 Å². The summed E-state index contributed by atoms with van der Waals surface area (Å²) < 4.78 is 99.7. The average molecular weight is 402 g/mol. The molecule has 0 atom stereocenters. The van der Waals surface area contributed by atoms with Crippen LogP contribution in [0, 0.1) is 0 Å². The van der Waals surface area contributed by atoms with Crippen molar-refractivity contribution in [3.05, 3.63) is 0 Å². The molecule has 0 unspecified atom stereocenters. The van der Waals surface area contributed by atoms with Gasteiger partial charge >= 0.3 is 44.5 Å². The van der Waals surface area contributed by atoms with Crippen molar-refractivity contribution in [1.29, 1.82) is 0 Å². The molecule has 0 aromatic rings. The summed E-state index contributed by atoms with van der Waals surface area (Å²) in [6.07, 6.45) is 0. The van der Waals surface area contributed by atoms with Crippen molar-refractivity contribution in [2.45, 2.75) is 0 Å². The molecular formula is H2Fe2O12S3. The van der Waals surface area contributed by atoms with Crippen LogP contribution >= 0.6 is 0 Å². The van der Waals surface area contributed by atoms with Gasteiger partial charge in [-0.25, -0.2) is 0 Å². The van der Waals surface area contributed by atoms with Gasteiger partial charge in [-0.1, -0.05) is 0 Å². The number of rotatable bonds is 0. The molecule has 17 heavy (non-hydrogen) atoms. The second kappa shape index (κ2) is 11.7. The Bertz CT molecular complexity index is 341. The smallest absolute Gasteiger partial charge is 0.759 e. The zero-order valence-electron chi connectivity index (χ0n) is 6.91. The third kappa shape index (κ3) is 8480. The van der Waals surface area contributed by atoms with Crippen molar-refractivity contribution < 1.29 is 86.7 Å². The van der Waals surface area contributed by atoms with Gasteiger partial charge in [-0.15, -0.1) is 0 Å². The van der Waals surface area contributed by atoms with Crippen molar-refractivity contribution in [3.63, 3.8) is 0 Å². The minimum atomic E-state index is -5.17. The quantitative estimate of drug-likeness (QED) is 0.230. The largest absolute Gasteiger partial charge is 2.00 e. The van der Waals surface area contributed by atoms with Crippen LogP contribution in [0.15, 0.2) is 0 Å². The van der Waals surface area contributed by atoms with Gasteiger partial charge in [0.2, 0.25) is 0 Å². The Labute approximate surface area is 117 Å². The van der Waals surface area contributed by atoms with Gasteiger partial charge in [-0.3, -0.25) is 25.9 Å². The van der Waals surface area contributed by atoms with E-state index < -0.39 is 31.2 Å². The maximum atomic E-state index is 8.74. The minimum absolute atomic E-state index is 0. The van der Waals surface area contributed by atoms with E-state index in [1.54, 1.807) is 0 Å². The number of hydrogen-bond acceptors (Lipinski definition) is 10. The van der Waals surface area contributed by atoms with Gasteiger partial charge in [0.15, 0.2) is 0 Å². The third-order valence-corrected chi connectivity index (χ3v) is 0. The summed E-state index contributed by atoms with van der Waals surface area (Å²) in [6.45, 7) is 0. The first kappa shape index (κ1) is 30.6. The van der Waals surface area contributed by atoms with E-state index >= 15 is 0 Å². The zero-order chi connectivity index (χ0) is 13.5. The summed E-state index contributed by atoms with van der Waals surface area (Å²) in [5.74, 6) is 0. The first-order chi connectivity index (χ1) is 6.00. The molecule has 0 rings (SSSR count). The molecule has 17 heteroatoms. The van der Waals surface area contributed by atoms with Crippen molar-refractivity contribution in [3.8, 4) is 0 Å². The van der Waals surface area contributed by atoms with E-state index in [9.17, 15) is 0 Å². The average Bonchev–Trinajstić information content (AvgIpc) is 1.41. The molecule has 0 heterocycles. The third-order valence-electron chi connectivity index (χ3n) is 0. The fraction of sp³-hybridized carbons (Fsp3) is 0. The molecule has 0 aromatic carbocycles. The van der Waals surface area contributed by atoms with Crippen LogP contribution in [0.1, 0.15) is 0 Å². The van der Waals surface area contributed by atoms with Crippen LogP contribution in [0.4, 0.5) is 0 Å². The second-order valence-electron chi connectivity index (χ2n) is 1.26. The molecule has 0 aliphatic rings. The molecule has 0 aliphatic heterocycles. The fourth-order valence-corrected chi connectivity index (χ4v) is 0. The SMILES string of the molecule is O=S(=O)(O)O.O=S(=O)([O-])[O-].O=S(=O)([O-])[O-].[Fe+2].[Fe+2]. The van der Waals surface area contributed by atoms with Gasteiger partial charge < -0.3 is 18.2 Å². The van der Waals surface area contributed by atoms with E-state index in [1.165, 1.54) is 0 Å². The van der Waals surface area contributed by atoms with Crippen molar-refractivity contribution in [2.75, 3.05) is 0 Å². The van der Waals surface area contributed by atoms with Crippen LogP contribution in [0.5, 0.6) is 0 Å². The predicted octanol–water partition coefficient (Wildman–Crippen LogP) is -3.33. The topological polar surface area (TPSA) is 235 Å². The van der Waals surface area contributed by atoms with Crippen molar-refractivity contribution in [1.82, 2.24) is 0 Å². The molecule has 108 valence electrons. The molecule has 0 fully saturated rings. The fourth-order valence-electron chi connectivity index (χ4n) is 0.